The summed E-state index contributed by atoms with van der Waals surface area (Å²) in [7, 11) is -1.18. The number of nitrogens with zero attached hydrogens (tertiary/aromatic N) is 1. The summed E-state index contributed by atoms with van der Waals surface area (Å²) in [6, 6.07) is 0. The van der Waals surface area contributed by atoms with E-state index in [0.717, 1.165) is 5.33 Å². The van der Waals surface area contributed by atoms with Crippen LogP contribution in [-0.2, 0) is 4.79 Å². The number of rotatable bonds is 4. The van der Waals surface area contributed by atoms with Crippen molar-refractivity contribution in [2.45, 2.75) is 45.7 Å². The maximum absolute atomic E-state index is 11.9. The predicted molar refractivity (Wildman–Crippen MR) is 69.7 cm³/mol. The Labute approximate surface area is 89.8 Å². The molecule has 0 aliphatic rings. The van der Waals surface area contributed by atoms with E-state index in [1.165, 1.54) is 0 Å². The Morgan fingerprint density at radius 1 is 1.00 bits per heavy atom. The first-order valence-corrected chi connectivity index (χ1v) is 12.1. The maximum atomic E-state index is 11.9. The van der Waals surface area contributed by atoms with Gasteiger partial charge in [0, 0.05) is 18.8 Å². The second kappa shape index (κ2) is 4.53. The van der Waals surface area contributed by atoms with Gasteiger partial charge in [-0.1, -0.05) is 39.3 Å². The monoisotopic (exact) mass is 229 g/mol. The van der Waals surface area contributed by atoms with Crippen LogP contribution in [0.4, 0.5) is 0 Å². The van der Waals surface area contributed by atoms with Gasteiger partial charge in [0.05, 0.1) is 8.07 Å². The Morgan fingerprint density at radius 3 is 1.64 bits per heavy atom. The molecule has 0 aromatic heterocycles. The number of hydrogen-bond acceptors (Lipinski definition) is 2. The molecule has 0 N–H and O–H groups in total. The van der Waals surface area contributed by atoms with Crippen molar-refractivity contribution in [1.82, 2.24) is 0 Å². The van der Waals surface area contributed by atoms with E-state index < -0.39 is 16.1 Å². The fourth-order valence-electron chi connectivity index (χ4n) is 1.10. The predicted octanol–water partition coefficient (Wildman–Crippen LogP) is 2.77. The van der Waals surface area contributed by atoms with Crippen molar-refractivity contribution in [3.05, 3.63) is 0 Å². The summed E-state index contributed by atoms with van der Waals surface area (Å²) in [4.78, 5) is 16.2. The Balaban J connectivity index is 4.61. The molecule has 0 radical (unpaired) electrons. The van der Waals surface area contributed by atoms with Crippen LogP contribution in [0.2, 0.25) is 39.3 Å². The van der Waals surface area contributed by atoms with Gasteiger partial charge in [0.15, 0.2) is 0 Å². The number of aliphatic imine (C=N–C) groups is 1. The molecule has 0 saturated carbocycles. The minimum Gasteiger partial charge on any atom is -0.305 e. The number of hydrogen-bond donors (Lipinski definition) is 0. The van der Waals surface area contributed by atoms with E-state index in [-0.39, 0.29) is 0 Å². The van der Waals surface area contributed by atoms with Gasteiger partial charge >= 0.3 is 0 Å². The van der Waals surface area contributed by atoms with Gasteiger partial charge in [0.25, 0.3) is 0 Å². The highest BCUT2D eigenvalue weighted by Gasteiger charge is 2.29. The summed E-state index contributed by atoms with van der Waals surface area (Å²) in [5.41, 5.74) is 0. The molecule has 0 bridgehead atoms. The average Bonchev–Trinajstić information content (AvgIpc) is 1.95. The summed E-state index contributed by atoms with van der Waals surface area (Å²) in [6.07, 6.45) is 0.599. The highest BCUT2D eigenvalue weighted by atomic mass is 28.3. The van der Waals surface area contributed by atoms with E-state index in [9.17, 15) is 4.79 Å². The molecule has 0 saturated heterocycles. The second-order valence-electron chi connectivity index (χ2n) is 5.77. The molecule has 0 rings (SSSR count). The highest BCUT2D eigenvalue weighted by molar-refractivity contribution is 7.09. The van der Waals surface area contributed by atoms with E-state index in [4.69, 9.17) is 0 Å². The summed E-state index contributed by atoms with van der Waals surface area (Å²) in [5, 5.41) is 1.59. The third-order valence-corrected chi connectivity index (χ3v) is 6.28. The van der Waals surface area contributed by atoms with Crippen molar-refractivity contribution >= 4 is 26.9 Å². The molecule has 0 atom stereocenters. The van der Waals surface area contributed by atoms with E-state index in [0.29, 0.717) is 11.8 Å². The zero-order valence-corrected chi connectivity index (χ0v) is 12.6. The van der Waals surface area contributed by atoms with Crippen molar-refractivity contribution in [2.24, 2.45) is 4.99 Å². The third kappa shape index (κ3) is 4.33. The molecule has 4 heteroatoms. The largest absolute Gasteiger partial charge is 0.305 e. The lowest BCUT2D eigenvalue weighted by molar-refractivity contribution is -0.111. The first-order valence-electron chi connectivity index (χ1n) is 5.08. The number of carbonyl (C=O) groups excluding carboxylic acids is 1. The molecule has 0 heterocycles. The molecule has 2 nitrogen and oxygen atoms in total. The first-order chi connectivity index (χ1) is 6.09. The van der Waals surface area contributed by atoms with Crippen LogP contribution >= 0.6 is 0 Å². The molecule has 0 spiro atoms. The summed E-state index contributed by atoms with van der Waals surface area (Å²) in [6.45, 7) is 13.0. The van der Waals surface area contributed by atoms with E-state index >= 15 is 0 Å². The van der Waals surface area contributed by atoms with Crippen LogP contribution in [0, 0.1) is 0 Å². The summed E-state index contributed by atoms with van der Waals surface area (Å²) in [5.74, 6) is 0. The van der Waals surface area contributed by atoms with Gasteiger partial charge < -0.3 is 9.79 Å². The Kier molecular flexibility index (Phi) is 4.46. The smallest absolute Gasteiger partial charge is 0.124 e. The maximum Gasteiger partial charge on any atom is 0.124 e. The highest BCUT2D eigenvalue weighted by Crippen LogP contribution is 2.12. The molecule has 0 aromatic carbocycles. The lowest BCUT2D eigenvalue weighted by Crippen LogP contribution is -2.41. The van der Waals surface area contributed by atoms with Gasteiger partial charge in [-0.15, -0.1) is 0 Å². The van der Waals surface area contributed by atoms with Gasteiger partial charge in [0.2, 0.25) is 0 Å². The molecular weight excluding hydrogens is 206 g/mol. The van der Waals surface area contributed by atoms with Gasteiger partial charge in [0.1, 0.15) is 13.5 Å². The number of carbonyl (C=O) groups is 1. The standard InChI is InChI=1S/C10H23NOSi2/c1-11-9(13(2,3)4)8-10(12)14(5,6)7/h8H2,1-7H3/b11-9-. The molecule has 0 unspecified atom stereocenters. The molecule has 0 fully saturated rings. The normalized spacial score (nSPS) is 14.4. The summed E-state index contributed by atoms with van der Waals surface area (Å²) >= 11 is 0. The molecule has 0 amide bonds. The molecule has 0 aliphatic carbocycles. The van der Waals surface area contributed by atoms with Gasteiger partial charge in [-0.3, -0.25) is 0 Å². The third-order valence-electron chi connectivity index (χ3n) is 2.30. The van der Waals surface area contributed by atoms with Crippen LogP contribution in [0.15, 0.2) is 4.99 Å². The van der Waals surface area contributed by atoms with Gasteiger partial charge in [-0.25, -0.2) is 0 Å². The van der Waals surface area contributed by atoms with Crippen molar-refractivity contribution < 1.29 is 4.79 Å². The topological polar surface area (TPSA) is 29.4 Å². The zero-order chi connectivity index (χ0) is 11.6. The quantitative estimate of drug-likeness (QED) is 0.538. The molecular formula is C10H23NOSi2. The minimum atomic E-state index is -1.62. The molecule has 0 aromatic rings. The van der Waals surface area contributed by atoms with Crippen LogP contribution in [0.5, 0.6) is 0 Å². The Morgan fingerprint density at radius 2 is 1.43 bits per heavy atom. The first kappa shape index (κ1) is 13.8. The van der Waals surface area contributed by atoms with E-state index in [1.54, 1.807) is 0 Å². The van der Waals surface area contributed by atoms with Crippen molar-refractivity contribution in [3.63, 3.8) is 0 Å². The van der Waals surface area contributed by atoms with Gasteiger partial charge in [-0.2, -0.15) is 0 Å². The average molecular weight is 229 g/mol. The SMILES string of the molecule is C/N=C(/CC(=O)[Si](C)(C)C)[Si](C)(C)C. The van der Waals surface area contributed by atoms with Crippen LogP contribution in [0.1, 0.15) is 6.42 Å². The molecule has 82 valence electrons. The molecule has 0 aliphatic heterocycles. The Hall–Kier alpha value is -0.226. The van der Waals surface area contributed by atoms with Gasteiger partial charge in [-0.05, 0) is 0 Å². The molecule has 14 heavy (non-hydrogen) atoms. The van der Waals surface area contributed by atoms with Crippen LogP contribution in [0.25, 0.3) is 0 Å². The van der Waals surface area contributed by atoms with Crippen LogP contribution in [0.3, 0.4) is 0 Å². The van der Waals surface area contributed by atoms with Crippen LogP contribution in [-0.4, -0.2) is 33.9 Å². The van der Waals surface area contributed by atoms with Crippen molar-refractivity contribution in [3.8, 4) is 0 Å². The lowest BCUT2D eigenvalue weighted by Gasteiger charge is -2.21. The van der Waals surface area contributed by atoms with E-state index in [2.05, 4.69) is 44.3 Å². The lowest BCUT2D eigenvalue weighted by atomic mass is 10.5. The zero-order valence-electron chi connectivity index (χ0n) is 10.6. The Bertz CT molecular complexity index is 246. The summed E-state index contributed by atoms with van der Waals surface area (Å²) < 4.78 is 0. The minimum absolute atomic E-state index is 0.431. The van der Waals surface area contributed by atoms with Crippen molar-refractivity contribution in [1.29, 1.82) is 0 Å². The van der Waals surface area contributed by atoms with E-state index in [1.807, 2.05) is 7.05 Å². The fraction of sp³-hybridized carbons (Fsp3) is 0.800. The van der Waals surface area contributed by atoms with Crippen molar-refractivity contribution in [2.75, 3.05) is 7.05 Å². The second-order valence-corrected chi connectivity index (χ2v) is 15.9. The fourth-order valence-corrected chi connectivity index (χ4v) is 3.33. The van der Waals surface area contributed by atoms with Crippen LogP contribution < -0.4 is 0 Å².